The summed E-state index contributed by atoms with van der Waals surface area (Å²) in [5.74, 6) is 0.309. The van der Waals surface area contributed by atoms with Crippen molar-refractivity contribution in [2.24, 2.45) is 0 Å². The Bertz CT molecular complexity index is 360. The maximum atomic E-state index is 12.6. The first-order chi connectivity index (χ1) is 7.74. The molecule has 0 bridgehead atoms. The normalized spacial score (nSPS) is 14.6. The highest BCUT2D eigenvalue weighted by Gasteiger charge is 2.22. The first kappa shape index (κ1) is 10.9. The maximum absolute atomic E-state index is 12.6. The lowest BCUT2D eigenvalue weighted by atomic mass is 10.3. The van der Waals surface area contributed by atoms with E-state index in [2.05, 4.69) is 5.32 Å². The van der Waals surface area contributed by atoms with Crippen LogP contribution >= 0.6 is 0 Å². The molecule has 0 atom stereocenters. The SMILES string of the molecule is O=C(CCOc1ccc(F)cc1)NC1CC1. The number of ether oxygens (including phenoxy) is 1. The zero-order valence-electron chi connectivity index (χ0n) is 8.91. The third-order valence-corrected chi connectivity index (χ3v) is 2.35. The second kappa shape index (κ2) is 4.96. The average Bonchev–Trinajstić information content (AvgIpc) is 3.05. The van der Waals surface area contributed by atoms with Crippen LogP contribution in [0.5, 0.6) is 5.75 Å². The molecular formula is C12H14FNO2. The number of hydrogen-bond acceptors (Lipinski definition) is 2. The van der Waals surface area contributed by atoms with Crippen LogP contribution in [-0.4, -0.2) is 18.6 Å². The first-order valence-electron chi connectivity index (χ1n) is 5.42. The molecule has 1 amide bonds. The molecule has 1 fully saturated rings. The highest BCUT2D eigenvalue weighted by atomic mass is 19.1. The predicted molar refractivity (Wildman–Crippen MR) is 57.7 cm³/mol. The molecule has 86 valence electrons. The standard InChI is InChI=1S/C12H14FNO2/c13-9-1-5-11(6-2-9)16-8-7-12(15)14-10-3-4-10/h1-2,5-6,10H,3-4,7-8H2,(H,14,15). The highest BCUT2D eigenvalue weighted by Crippen LogP contribution is 2.18. The number of hydrogen-bond donors (Lipinski definition) is 1. The number of benzene rings is 1. The van der Waals surface area contributed by atoms with Gasteiger partial charge in [-0.05, 0) is 37.1 Å². The maximum Gasteiger partial charge on any atom is 0.223 e. The fraction of sp³-hybridized carbons (Fsp3) is 0.417. The monoisotopic (exact) mass is 223 g/mol. The van der Waals surface area contributed by atoms with Gasteiger partial charge in [0.15, 0.2) is 0 Å². The Morgan fingerprint density at radius 2 is 2.06 bits per heavy atom. The quantitative estimate of drug-likeness (QED) is 0.827. The molecule has 1 aromatic carbocycles. The molecule has 16 heavy (non-hydrogen) atoms. The van der Waals surface area contributed by atoms with Crippen molar-refractivity contribution in [2.75, 3.05) is 6.61 Å². The Labute approximate surface area is 93.6 Å². The molecule has 2 rings (SSSR count). The van der Waals surface area contributed by atoms with Crippen LogP contribution in [0.1, 0.15) is 19.3 Å². The second-order valence-corrected chi connectivity index (χ2v) is 3.89. The van der Waals surface area contributed by atoms with Crippen LogP contribution in [0.4, 0.5) is 4.39 Å². The highest BCUT2D eigenvalue weighted by molar-refractivity contribution is 5.76. The van der Waals surface area contributed by atoms with Gasteiger partial charge in [-0.25, -0.2) is 4.39 Å². The lowest BCUT2D eigenvalue weighted by Crippen LogP contribution is -2.26. The third kappa shape index (κ3) is 3.53. The van der Waals surface area contributed by atoms with E-state index < -0.39 is 0 Å². The fourth-order valence-electron chi connectivity index (χ4n) is 1.32. The molecule has 4 heteroatoms. The third-order valence-electron chi connectivity index (χ3n) is 2.35. The van der Waals surface area contributed by atoms with Crippen molar-refractivity contribution in [1.29, 1.82) is 0 Å². The molecule has 0 spiro atoms. The molecule has 1 saturated carbocycles. The number of carbonyl (C=O) groups excluding carboxylic acids is 1. The molecule has 1 N–H and O–H groups in total. The van der Waals surface area contributed by atoms with Crippen molar-refractivity contribution in [3.63, 3.8) is 0 Å². The average molecular weight is 223 g/mol. The van der Waals surface area contributed by atoms with Crippen LogP contribution in [0.25, 0.3) is 0 Å². The second-order valence-electron chi connectivity index (χ2n) is 3.89. The van der Waals surface area contributed by atoms with E-state index in [4.69, 9.17) is 4.74 Å². The summed E-state index contributed by atoms with van der Waals surface area (Å²) in [6.45, 7) is 0.324. The van der Waals surface area contributed by atoms with Crippen molar-refractivity contribution in [2.45, 2.75) is 25.3 Å². The predicted octanol–water partition coefficient (Wildman–Crippen LogP) is 1.87. The Morgan fingerprint density at radius 3 is 2.69 bits per heavy atom. The minimum Gasteiger partial charge on any atom is -0.493 e. The van der Waals surface area contributed by atoms with E-state index in [1.807, 2.05) is 0 Å². The van der Waals surface area contributed by atoms with Gasteiger partial charge in [-0.1, -0.05) is 0 Å². The van der Waals surface area contributed by atoms with Crippen molar-refractivity contribution < 1.29 is 13.9 Å². The van der Waals surface area contributed by atoms with Gasteiger partial charge in [-0.2, -0.15) is 0 Å². The van der Waals surface area contributed by atoms with Gasteiger partial charge in [0.1, 0.15) is 11.6 Å². The first-order valence-corrected chi connectivity index (χ1v) is 5.42. The van der Waals surface area contributed by atoms with E-state index in [0.717, 1.165) is 12.8 Å². The number of nitrogens with one attached hydrogen (secondary N) is 1. The van der Waals surface area contributed by atoms with Crippen LogP contribution in [-0.2, 0) is 4.79 Å². The lowest BCUT2D eigenvalue weighted by Gasteiger charge is -2.06. The van der Waals surface area contributed by atoms with Crippen LogP contribution in [0.2, 0.25) is 0 Å². The zero-order valence-corrected chi connectivity index (χ0v) is 8.91. The smallest absolute Gasteiger partial charge is 0.223 e. The number of amides is 1. The molecule has 1 aliphatic rings. The molecule has 3 nitrogen and oxygen atoms in total. The summed E-state index contributed by atoms with van der Waals surface area (Å²) in [5, 5.41) is 2.87. The van der Waals surface area contributed by atoms with E-state index >= 15 is 0 Å². The number of halogens is 1. The zero-order chi connectivity index (χ0) is 11.4. The van der Waals surface area contributed by atoms with Crippen molar-refractivity contribution >= 4 is 5.91 Å². The summed E-state index contributed by atoms with van der Waals surface area (Å²) in [4.78, 5) is 11.3. The number of carbonyl (C=O) groups is 1. The minimum atomic E-state index is -0.293. The largest absolute Gasteiger partial charge is 0.493 e. The van der Waals surface area contributed by atoms with Crippen LogP contribution in [0.3, 0.4) is 0 Å². The minimum absolute atomic E-state index is 0.0182. The van der Waals surface area contributed by atoms with E-state index in [-0.39, 0.29) is 11.7 Å². The van der Waals surface area contributed by atoms with E-state index in [1.165, 1.54) is 12.1 Å². The summed E-state index contributed by atoms with van der Waals surface area (Å²) in [6.07, 6.45) is 2.52. The van der Waals surface area contributed by atoms with Crippen LogP contribution < -0.4 is 10.1 Å². The van der Waals surface area contributed by atoms with Gasteiger partial charge in [0.2, 0.25) is 5.91 Å². The Hall–Kier alpha value is -1.58. The van der Waals surface area contributed by atoms with Crippen LogP contribution in [0, 0.1) is 5.82 Å². The van der Waals surface area contributed by atoms with E-state index in [9.17, 15) is 9.18 Å². The molecule has 0 aliphatic heterocycles. The molecular weight excluding hydrogens is 209 g/mol. The Balaban J connectivity index is 1.66. The van der Waals surface area contributed by atoms with Gasteiger partial charge in [0, 0.05) is 6.04 Å². The van der Waals surface area contributed by atoms with Crippen LogP contribution in [0.15, 0.2) is 24.3 Å². The molecule has 0 radical (unpaired) electrons. The van der Waals surface area contributed by atoms with Gasteiger partial charge >= 0.3 is 0 Å². The van der Waals surface area contributed by atoms with E-state index in [1.54, 1.807) is 12.1 Å². The summed E-state index contributed by atoms with van der Waals surface area (Å²) in [7, 11) is 0. The van der Waals surface area contributed by atoms with Crippen molar-refractivity contribution in [3.05, 3.63) is 30.1 Å². The summed E-state index contributed by atoms with van der Waals surface area (Å²) >= 11 is 0. The molecule has 0 heterocycles. The van der Waals surface area contributed by atoms with Gasteiger partial charge in [0.25, 0.3) is 0 Å². The fourth-order valence-corrected chi connectivity index (χ4v) is 1.32. The summed E-state index contributed by atoms with van der Waals surface area (Å²) < 4.78 is 17.9. The molecule has 1 aliphatic carbocycles. The topological polar surface area (TPSA) is 38.3 Å². The van der Waals surface area contributed by atoms with Crippen molar-refractivity contribution in [3.8, 4) is 5.75 Å². The molecule has 0 saturated heterocycles. The molecule has 0 unspecified atom stereocenters. The molecule has 1 aromatic rings. The Kier molecular flexibility index (Phi) is 3.39. The summed E-state index contributed by atoms with van der Waals surface area (Å²) in [5.41, 5.74) is 0. The molecule has 0 aromatic heterocycles. The van der Waals surface area contributed by atoms with Gasteiger partial charge < -0.3 is 10.1 Å². The van der Waals surface area contributed by atoms with Gasteiger partial charge in [-0.3, -0.25) is 4.79 Å². The lowest BCUT2D eigenvalue weighted by molar-refractivity contribution is -0.121. The van der Waals surface area contributed by atoms with Gasteiger partial charge in [0.05, 0.1) is 13.0 Å². The number of rotatable bonds is 5. The van der Waals surface area contributed by atoms with Crippen molar-refractivity contribution in [1.82, 2.24) is 5.32 Å². The van der Waals surface area contributed by atoms with E-state index in [0.29, 0.717) is 24.8 Å². The Morgan fingerprint density at radius 1 is 1.38 bits per heavy atom. The summed E-state index contributed by atoms with van der Waals surface area (Å²) in [6, 6.07) is 6.15. The van der Waals surface area contributed by atoms with Gasteiger partial charge in [-0.15, -0.1) is 0 Å².